The second-order valence-corrected chi connectivity index (χ2v) is 4.42. The van der Waals surface area contributed by atoms with Crippen LogP contribution in [0, 0.1) is 13.8 Å². The Balaban J connectivity index is 2.28. The van der Waals surface area contributed by atoms with Crippen LogP contribution in [-0.4, -0.2) is 36.1 Å². The maximum absolute atomic E-state index is 12.1. The molecule has 0 radical (unpaired) electrons. The molecule has 0 atom stereocenters. The Kier molecular flexibility index (Phi) is 4.53. The van der Waals surface area contributed by atoms with Crippen molar-refractivity contribution < 1.29 is 14.3 Å². The molecule has 0 bridgehead atoms. The fourth-order valence-corrected chi connectivity index (χ4v) is 2.05. The van der Waals surface area contributed by atoms with Crippen LogP contribution in [-0.2, 0) is 9.47 Å². The molecule has 0 aliphatic carbocycles. The van der Waals surface area contributed by atoms with Gasteiger partial charge >= 0.3 is 5.97 Å². The Labute approximate surface area is 118 Å². The smallest absolute Gasteiger partial charge is 0.341 e. The minimum Gasteiger partial charge on any atom is -0.460 e. The third kappa shape index (κ3) is 2.88. The first-order valence-corrected chi connectivity index (χ1v) is 6.43. The van der Waals surface area contributed by atoms with Crippen molar-refractivity contribution in [2.45, 2.75) is 13.8 Å². The largest absolute Gasteiger partial charge is 0.460 e. The SMILES string of the molecule is COCCOC(=O)c1c(C)nn(-c2ccccc2)c1C. The predicted octanol–water partition coefficient (Wildman–Crippen LogP) is 2.29. The Morgan fingerprint density at radius 2 is 1.90 bits per heavy atom. The molecular weight excluding hydrogens is 256 g/mol. The van der Waals surface area contributed by atoms with Crippen LogP contribution >= 0.6 is 0 Å². The van der Waals surface area contributed by atoms with Crippen molar-refractivity contribution in [1.29, 1.82) is 0 Å². The normalized spacial score (nSPS) is 10.6. The van der Waals surface area contributed by atoms with Crippen molar-refractivity contribution in [1.82, 2.24) is 9.78 Å². The molecular formula is C15H18N2O3. The van der Waals surface area contributed by atoms with E-state index in [9.17, 15) is 4.79 Å². The molecule has 1 aromatic carbocycles. The molecule has 5 heteroatoms. The predicted molar refractivity (Wildman–Crippen MR) is 75.2 cm³/mol. The van der Waals surface area contributed by atoms with Gasteiger partial charge in [0.05, 0.1) is 23.7 Å². The second-order valence-electron chi connectivity index (χ2n) is 4.42. The molecule has 0 N–H and O–H groups in total. The van der Waals surface area contributed by atoms with Crippen molar-refractivity contribution in [3.63, 3.8) is 0 Å². The number of hydrogen-bond donors (Lipinski definition) is 0. The molecule has 0 amide bonds. The van der Waals surface area contributed by atoms with Gasteiger partial charge in [-0.25, -0.2) is 9.48 Å². The number of aromatic nitrogens is 2. The molecule has 1 heterocycles. The first kappa shape index (κ1) is 14.3. The Bertz CT molecular complexity index is 591. The van der Waals surface area contributed by atoms with Crippen molar-refractivity contribution in [3.8, 4) is 5.69 Å². The van der Waals surface area contributed by atoms with Crippen LogP contribution in [0.25, 0.3) is 5.69 Å². The molecule has 0 aliphatic rings. The maximum atomic E-state index is 12.1. The lowest BCUT2D eigenvalue weighted by molar-refractivity contribution is 0.0386. The Hall–Kier alpha value is -2.14. The van der Waals surface area contributed by atoms with Gasteiger partial charge in [-0.05, 0) is 26.0 Å². The number of nitrogens with zero attached hydrogens (tertiary/aromatic N) is 2. The number of rotatable bonds is 5. The van der Waals surface area contributed by atoms with Crippen molar-refractivity contribution in [2.24, 2.45) is 0 Å². The topological polar surface area (TPSA) is 53.4 Å². The Morgan fingerprint density at radius 3 is 2.55 bits per heavy atom. The number of aryl methyl sites for hydroxylation is 1. The van der Waals surface area contributed by atoms with E-state index in [1.807, 2.05) is 37.3 Å². The van der Waals surface area contributed by atoms with Gasteiger partial charge in [0.2, 0.25) is 0 Å². The number of benzene rings is 1. The van der Waals surface area contributed by atoms with Crippen LogP contribution in [0.1, 0.15) is 21.7 Å². The van der Waals surface area contributed by atoms with E-state index in [2.05, 4.69) is 5.10 Å². The van der Waals surface area contributed by atoms with E-state index in [1.54, 1.807) is 18.7 Å². The van der Waals surface area contributed by atoms with Crippen LogP contribution < -0.4 is 0 Å². The van der Waals surface area contributed by atoms with Crippen molar-refractivity contribution in [2.75, 3.05) is 20.3 Å². The van der Waals surface area contributed by atoms with E-state index >= 15 is 0 Å². The highest BCUT2D eigenvalue weighted by Gasteiger charge is 2.20. The van der Waals surface area contributed by atoms with Gasteiger partial charge in [-0.3, -0.25) is 0 Å². The molecule has 5 nitrogen and oxygen atoms in total. The number of methoxy groups -OCH3 is 1. The number of ether oxygens (including phenoxy) is 2. The van der Waals surface area contributed by atoms with E-state index in [4.69, 9.17) is 9.47 Å². The van der Waals surface area contributed by atoms with E-state index < -0.39 is 0 Å². The van der Waals surface area contributed by atoms with Gasteiger partial charge in [-0.15, -0.1) is 0 Å². The van der Waals surface area contributed by atoms with E-state index in [0.29, 0.717) is 17.9 Å². The molecule has 2 rings (SSSR count). The minimum atomic E-state index is -0.362. The van der Waals surface area contributed by atoms with Gasteiger partial charge in [0.25, 0.3) is 0 Å². The average Bonchev–Trinajstić information content (AvgIpc) is 2.75. The summed E-state index contributed by atoms with van der Waals surface area (Å²) in [5.74, 6) is -0.362. The molecule has 106 valence electrons. The summed E-state index contributed by atoms with van der Waals surface area (Å²) in [6.07, 6.45) is 0. The molecule has 20 heavy (non-hydrogen) atoms. The highest BCUT2D eigenvalue weighted by atomic mass is 16.6. The quantitative estimate of drug-likeness (QED) is 0.620. The number of para-hydroxylation sites is 1. The van der Waals surface area contributed by atoms with Gasteiger partial charge in [0.1, 0.15) is 12.2 Å². The van der Waals surface area contributed by atoms with Gasteiger partial charge in [0, 0.05) is 7.11 Å². The zero-order valence-corrected chi connectivity index (χ0v) is 11.9. The summed E-state index contributed by atoms with van der Waals surface area (Å²) in [5.41, 5.74) is 2.87. The van der Waals surface area contributed by atoms with E-state index in [0.717, 1.165) is 11.4 Å². The zero-order chi connectivity index (χ0) is 14.5. The van der Waals surface area contributed by atoms with Crippen LogP contribution in [0.15, 0.2) is 30.3 Å². The lowest BCUT2D eigenvalue weighted by Gasteiger charge is -2.06. The first-order chi connectivity index (χ1) is 9.65. The average molecular weight is 274 g/mol. The highest BCUT2D eigenvalue weighted by molar-refractivity contribution is 5.92. The third-order valence-electron chi connectivity index (χ3n) is 3.02. The number of carbonyl (C=O) groups excluding carboxylic acids is 1. The summed E-state index contributed by atoms with van der Waals surface area (Å²) in [7, 11) is 1.57. The fourth-order valence-electron chi connectivity index (χ4n) is 2.05. The number of hydrogen-bond acceptors (Lipinski definition) is 4. The van der Waals surface area contributed by atoms with Gasteiger partial charge in [-0.2, -0.15) is 5.10 Å². The zero-order valence-electron chi connectivity index (χ0n) is 11.9. The summed E-state index contributed by atoms with van der Waals surface area (Å²) in [5, 5.41) is 4.41. The summed E-state index contributed by atoms with van der Waals surface area (Å²) >= 11 is 0. The van der Waals surface area contributed by atoms with Crippen LogP contribution in [0.4, 0.5) is 0 Å². The third-order valence-corrected chi connectivity index (χ3v) is 3.02. The monoisotopic (exact) mass is 274 g/mol. The Morgan fingerprint density at radius 1 is 1.20 bits per heavy atom. The molecule has 0 unspecified atom stereocenters. The van der Waals surface area contributed by atoms with E-state index in [1.165, 1.54) is 0 Å². The standard InChI is InChI=1S/C15H18N2O3/c1-11-14(15(18)20-10-9-19-3)12(2)17(16-11)13-7-5-4-6-8-13/h4-8H,9-10H2,1-3H3. The van der Waals surface area contributed by atoms with Gasteiger partial charge < -0.3 is 9.47 Å². The second kappa shape index (κ2) is 6.34. The molecule has 0 spiro atoms. The molecule has 0 fully saturated rings. The molecule has 0 saturated heterocycles. The lowest BCUT2D eigenvalue weighted by atomic mass is 10.2. The fraction of sp³-hybridized carbons (Fsp3) is 0.333. The minimum absolute atomic E-state index is 0.241. The van der Waals surface area contributed by atoms with Crippen molar-refractivity contribution in [3.05, 3.63) is 47.3 Å². The van der Waals surface area contributed by atoms with Gasteiger partial charge in [-0.1, -0.05) is 18.2 Å². The number of esters is 1. The first-order valence-electron chi connectivity index (χ1n) is 6.43. The summed E-state index contributed by atoms with van der Waals surface area (Å²) in [6.45, 7) is 4.29. The molecule has 0 saturated carbocycles. The summed E-state index contributed by atoms with van der Waals surface area (Å²) in [4.78, 5) is 12.1. The molecule has 1 aromatic heterocycles. The molecule has 2 aromatic rings. The molecule has 0 aliphatic heterocycles. The maximum Gasteiger partial charge on any atom is 0.341 e. The van der Waals surface area contributed by atoms with Crippen LogP contribution in [0.5, 0.6) is 0 Å². The highest BCUT2D eigenvalue weighted by Crippen LogP contribution is 2.18. The lowest BCUT2D eigenvalue weighted by Crippen LogP contribution is -2.11. The number of carbonyl (C=O) groups is 1. The van der Waals surface area contributed by atoms with E-state index in [-0.39, 0.29) is 12.6 Å². The van der Waals surface area contributed by atoms with Gasteiger partial charge in [0.15, 0.2) is 0 Å². The van der Waals surface area contributed by atoms with Crippen LogP contribution in [0.2, 0.25) is 0 Å². The summed E-state index contributed by atoms with van der Waals surface area (Å²) in [6, 6.07) is 9.69. The summed E-state index contributed by atoms with van der Waals surface area (Å²) < 4.78 is 11.8. The van der Waals surface area contributed by atoms with Crippen LogP contribution in [0.3, 0.4) is 0 Å². The van der Waals surface area contributed by atoms with Crippen molar-refractivity contribution >= 4 is 5.97 Å².